The number of hydrogen-bond donors (Lipinski definition) is 2. The summed E-state index contributed by atoms with van der Waals surface area (Å²) >= 11 is 0. The highest BCUT2D eigenvalue weighted by Crippen LogP contribution is 2.27. The number of aryl methyl sites for hydroxylation is 2. The van der Waals surface area contributed by atoms with E-state index in [2.05, 4.69) is 21.5 Å². The maximum Gasteiger partial charge on any atom is 0.248 e. The van der Waals surface area contributed by atoms with Crippen molar-refractivity contribution in [1.29, 1.82) is 0 Å². The number of piperidine rings is 1. The van der Waals surface area contributed by atoms with Gasteiger partial charge in [0, 0.05) is 42.7 Å². The van der Waals surface area contributed by atoms with Crippen molar-refractivity contribution in [1.82, 2.24) is 19.8 Å². The quantitative estimate of drug-likeness (QED) is 0.625. The fourth-order valence-electron chi connectivity index (χ4n) is 4.13. The van der Waals surface area contributed by atoms with E-state index in [1.54, 1.807) is 13.8 Å². The van der Waals surface area contributed by atoms with E-state index >= 15 is 0 Å². The van der Waals surface area contributed by atoms with Gasteiger partial charge in [-0.1, -0.05) is 23.4 Å². The number of fused-ring (bicyclic) bond motifs is 1. The SMILES string of the molecule is Cc1noc(C)c1S(=O)(=O)N1CCC(C(=O)NCCc2c[nH]c3ccccc23)CC1. The summed E-state index contributed by atoms with van der Waals surface area (Å²) in [7, 11) is -3.65. The lowest BCUT2D eigenvalue weighted by molar-refractivity contribution is -0.126. The van der Waals surface area contributed by atoms with Crippen molar-refractivity contribution in [2.45, 2.75) is 38.0 Å². The van der Waals surface area contributed by atoms with Crippen molar-refractivity contribution < 1.29 is 17.7 Å². The first-order valence-electron chi connectivity index (χ1n) is 10.1. The standard InChI is InChI=1S/C21H26N4O4S/c1-14-20(15(2)29-24-14)30(27,28)25-11-8-16(9-12-25)21(26)22-10-7-17-13-23-19-6-4-3-5-18(17)19/h3-6,13,16,23H,7-12H2,1-2H3,(H,22,26). The van der Waals surface area contributed by atoms with Crippen molar-refractivity contribution >= 4 is 26.8 Å². The Labute approximate surface area is 175 Å². The minimum atomic E-state index is -3.65. The van der Waals surface area contributed by atoms with Crippen LogP contribution in [0, 0.1) is 19.8 Å². The average Bonchev–Trinajstić information content (AvgIpc) is 3.31. The first kappa shape index (κ1) is 20.6. The number of benzene rings is 1. The first-order chi connectivity index (χ1) is 14.4. The Morgan fingerprint density at radius 3 is 2.70 bits per heavy atom. The highest BCUT2D eigenvalue weighted by molar-refractivity contribution is 7.89. The molecule has 3 heterocycles. The third-order valence-corrected chi connectivity index (χ3v) is 7.90. The number of amides is 1. The minimum Gasteiger partial charge on any atom is -0.361 e. The third kappa shape index (κ3) is 3.87. The second-order valence-electron chi connectivity index (χ2n) is 7.73. The normalized spacial score (nSPS) is 16.2. The molecular weight excluding hydrogens is 404 g/mol. The van der Waals surface area contributed by atoms with E-state index in [0.29, 0.717) is 43.9 Å². The number of carbonyl (C=O) groups excluding carboxylic acids is 1. The molecule has 3 aromatic rings. The fourth-order valence-corrected chi connectivity index (χ4v) is 5.89. The van der Waals surface area contributed by atoms with E-state index in [4.69, 9.17) is 4.52 Å². The molecule has 4 rings (SSSR count). The van der Waals surface area contributed by atoms with Gasteiger partial charge in [0.05, 0.1) is 0 Å². The molecule has 2 aromatic heterocycles. The van der Waals surface area contributed by atoms with Crippen molar-refractivity contribution in [3.05, 3.63) is 47.5 Å². The number of para-hydroxylation sites is 1. The van der Waals surface area contributed by atoms with E-state index in [1.807, 2.05) is 24.4 Å². The number of H-pyrrole nitrogens is 1. The predicted molar refractivity (Wildman–Crippen MR) is 112 cm³/mol. The molecule has 0 bridgehead atoms. The largest absolute Gasteiger partial charge is 0.361 e. The Morgan fingerprint density at radius 1 is 1.27 bits per heavy atom. The molecule has 1 amide bonds. The van der Waals surface area contributed by atoms with E-state index < -0.39 is 10.0 Å². The molecule has 1 aliphatic rings. The highest BCUT2D eigenvalue weighted by Gasteiger charge is 2.35. The van der Waals surface area contributed by atoms with Gasteiger partial charge in [-0.2, -0.15) is 4.31 Å². The van der Waals surface area contributed by atoms with E-state index in [0.717, 1.165) is 11.9 Å². The first-order valence-corrected chi connectivity index (χ1v) is 11.6. The van der Waals surface area contributed by atoms with Crippen LogP contribution >= 0.6 is 0 Å². The Morgan fingerprint density at radius 2 is 2.00 bits per heavy atom. The maximum atomic E-state index is 12.9. The van der Waals surface area contributed by atoms with Gasteiger partial charge in [0.25, 0.3) is 0 Å². The Bertz CT molecular complexity index is 1140. The predicted octanol–water partition coefficient (Wildman–Crippen LogP) is 2.53. The molecule has 0 spiro atoms. The molecule has 0 atom stereocenters. The topological polar surface area (TPSA) is 108 Å². The van der Waals surface area contributed by atoms with Gasteiger partial charge in [0.2, 0.25) is 15.9 Å². The monoisotopic (exact) mass is 430 g/mol. The summed E-state index contributed by atoms with van der Waals surface area (Å²) in [4.78, 5) is 16.0. The van der Waals surface area contributed by atoms with Gasteiger partial charge in [-0.15, -0.1) is 0 Å². The smallest absolute Gasteiger partial charge is 0.248 e. The summed E-state index contributed by atoms with van der Waals surface area (Å²) in [5.41, 5.74) is 2.63. The summed E-state index contributed by atoms with van der Waals surface area (Å²) in [6.45, 7) is 4.40. The molecule has 30 heavy (non-hydrogen) atoms. The van der Waals surface area contributed by atoms with Gasteiger partial charge in [-0.25, -0.2) is 8.42 Å². The Kier molecular flexibility index (Phi) is 5.66. The lowest BCUT2D eigenvalue weighted by Gasteiger charge is -2.30. The number of rotatable bonds is 6. The van der Waals surface area contributed by atoms with Crippen LogP contribution in [0.4, 0.5) is 0 Å². The molecule has 1 fully saturated rings. The summed E-state index contributed by atoms with van der Waals surface area (Å²) < 4.78 is 32.2. The van der Waals surface area contributed by atoms with Crippen LogP contribution in [-0.4, -0.2) is 48.4 Å². The Hall–Kier alpha value is -2.65. The summed E-state index contributed by atoms with van der Waals surface area (Å²) in [5.74, 6) is 0.109. The zero-order valence-corrected chi connectivity index (χ0v) is 18.0. The zero-order chi connectivity index (χ0) is 21.3. The van der Waals surface area contributed by atoms with Crippen LogP contribution in [0.1, 0.15) is 29.9 Å². The van der Waals surface area contributed by atoms with Crippen LogP contribution in [0.25, 0.3) is 10.9 Å². The second kappa shape index (κ2) is 8.23. The molecule has 0 aliphatic carbocycles. The number of nitrogens with one attached hydrogen (secondary N) is 2. The molecular formula is C21H26N4O4S. The van der Waals surface area contributed by atoms with Crippen LogP contribution in [0.5, 0.6) is 0 Å². The average molecular weight is 431 g/mol. The van der Waals surface area contributed by atoms with Gasteiger partial charge in [0.1, 0.15) is 10.6 Å². The maximum absolute atomic E-state index is 12.9. The zero-order valence-electron chi connectivity index (χ0n) is 17.1. The number of sulfonamides is 1. The van der Waals surface area contributed by atoms with Crippen molar-refractivity contribution in [3.63, 3.8) is 0 Å². The summed E-state index contributed by atoms with van der Waals surface area (Å²) in [6, 6.07) is 8.09. The molecule has 8 nitrogen and oxygen atoms in total. The van der Waals surface area contributed by atoms with Gasteiger partial charge < -0.3 is 14.8 Å². The number of nitrogens with zero attached hydrogens (tertiary/aromatic N) is 2. The molecule has 1 saturated heterocycles. The molecule has 2 N–H and O–H groups in total. The van der Waals surface area contributed by atoms with Gasteiger partial charge in [-0.3, -0.25) is 4.79 Å². The second-order valence-corrected chi connectivity index (χ2v) is 9.61. The summed E-state index contributed by atoms with van der Waals surface area (Å²) in [6.07, 6.45) is 3.73. The molecule has 160 valence electrons. The molecule has 1 aromatic carbocycles. The number of aromatic amines is 1. The number of aromatic nitrogens is 2. The highest BCUT2D eigenvalue weighted by atomic mass is 32.2. The van der Waals surface area contributed by atoms with Crippen molar-refractivity contribution in [2.75, 3.05) is 19.6 Å². The Balaban J connectivity index is 1.30. The van der Waals surface area contributed by atoms with E-state index in [9.17, 15) is 13.2 Å². The third-order valence-electron chi connectivity index (χ3n) is 5.76. The van der Waals surface area contributed by atoms with Crippen LogP contribution in [0.15, 0.2) is 39.9 Å². The number of hydrogen-bond acceptors (Lipinski definition) is 5. The van der Waals surface area contributed by atoms with Crippen molar-refractivity contribution in [2.24, 2.45) is 5.92 Å². The fraction of sp³-hybridized carbons (Fsp3) is 0.429. The van der Waals surface area contributed by atoms with Crippen LogP contribution in [0.3, 0.4) is 0 Å². The lowest BCUT2D eigenvalue weighted by atomic mass is 9.97. The van der Waals surface area contributed by atoms with E-state index in [1.165, 1.54) is 15.3 Å². The number of carbonyl (C=O) groups is 1. The van der Waals surface area contributed by atoms with Crippen LogP contribution < -0.4 is 5.32 Å². The minimum absolute atomic E-state index is 0.00997. The van der Waals surface area contributed by atoms with Crippen molar-refractivity contribution in [3.8, 4) is 0 Å². The lowest BCUT2D eigenvalue weighted by Crippen LogP contribution is -2.43. The van der Waals surface area contributed by atoms with Crippen LogP contribution in [-0.2, 0) is 21.2 Å². The molecule has 0 saturated carbocycles. The van der Waals surface area contributed by atoms with Crippen LogP contribution in [0.2, 0.25) is 0 Å². The summed E-state index contributed by atoms with van der Waals surface area (Å²) in [5, 5.41) is 7.93. The molecule has 9 heteroatoms. The van der Waals surface area contributed by atoms with Gasteiger partial charge in [0.15, 0.2) is 5.76 Å². The molecule has 1 aliphatic heterocycles. The molecule has 0 radical (unpaired) electrons. The molecule has 0 unspecified atom stereocenters. The van der Waals surface area contributed by atoms with E-state index in [-0.39, 0.29) is 16.7 Å². The van der Waals surface area contributed by atoms with Gasteiger partial charge >= 0.3 is 0 Å². The van der Waals surface area contributed by atoms with Gasteiger partial charge in [-0.05, 0) is 44.7 Å².